The van der Waals surface area contributed by atoms with E-state index in [-0.39, 0.29) is 0 Å². The third-order valence-electron chi connectivity index (χ3n) is 4.59. The molecule has 100 valence electrons. The van der Waals surface area contributed by atoms with Crippen LogP contribution in [0.1, 0.15) is 51.0 Å². The maximum absolute atomic E-state index is 6.16. The summed E-state index contributed by atoms with van der Waals surface area (Å²) < 4.78 is 0. The molecule has 0 bridgehead atoms. The van der Waals surface area contributed by atoms with E-state index in [9.17, 15) is 0 Å². The highest BCUT2D eigenvalue weighted by Crippen LogP contribution is 2.47. The highest BCUT2D eigenvalue weighted by molar-refractivity contribution is 6.30. The van der Waals surface area contributed by atoms with E-state index in [2.05, 4.69) is 37.4 Å². The molecule has 0 radical (unpaired) electrons. The Morgan fingerprint density at radius 2 is 2.22 bits per heavy atom. The van der Waals surface area contributed by atoms with Gasteiger partial charge in [0.15, 0.2) is 0 Å². The highest BCUT2D eigenvalue weighted by atomic mass is 35.5. The number of benzene rings is 1. The highest BCUT2D eigenvalue weighted by Gasteiger charge is 2.39. The minimum absolute atomic E-state index is 0.463. The van der Waals surface area contributed by atoms with Crippen LogP contribution in [0.4, 0.5) is 0 Å². The van der Waals surface area contributed by atoms with E-state index < -0.39 is 0 Å². The van der Waals surface area contributed by atoms with Crippen LogP contribution in [0, 0.1) is 5.41 Å². The van der Waals surface area contributed by atoms with Gasteiger partial charge in [-0.1, -0.05) is 44.0 Å². The van der Waals surface area contributed by atoms with Crippen molar-refractivity contribution in [2.24, 2.45) is 5.41 Å². The van der Waals surface area contributed by atoms with Gasteiger partial charge < -0.3 is 5.32 Å². The van der Waals surface area contributed by atoms with Gasteiger partial charge in [0, 0.05) is 17.5 Å². The molecule has 1 aromatic rings. The molecule has 1 nitrogen and oxygen atoms in total. The molecule has 0 spiro atoms. The summed E-state index contributed by atoms with van der Waals surface area (Å²) in [4.78, 5) is 0. The van der Waals surface area contributed by atoms with Gasteiger partial charge in [-0.05, 0) is 48.9 Å². The molecule has 1 aliphatic rings. The Balaban J connectivity index is 2.32. The molecule has 2 unspecified atom stereocenters. The maximum Gasteiger partial charge on any atom is 0.0408 e. The van der Waals surface area contributed by atoms with Crippen molar-refractivity contribution in [1.29, 1.82) is 0 Å². The topological polar surface area (TPSA) is 12.0 Å². The van der Waals surface area contributed by atoms with E-state index in [4.69, 9.17) is 11.6 Å². The van der Waals surface area contributed by atoms with Crippen LogP contribution in [-0.2, 0) is 0 Å². The second-order valence-corrected chi connectivity index (χ2v) is 5.96. The summed E-state index contributed by atoms with van der Waals surface area (Å²) in [7, 11) is 0. The Kier molecular flexibility index (Phi) is 4.69. The largest absolute Gasteiger partial charge is 0.316 e. The van der Waals surface area contributed by atoms with Crippen molar-refractivity contribution >= 4 is 11.6 Å². The number of hydrogen-bond donors (Lipinski definition) is 1. The molecule has 0 saturated carbocycles. The molecular formula is C16H24ClN. The Hall–Kier alpha value is -0.530. The normalized spacial score (nSPS) is 28.3. The summed E-state index contributed by atoms with van der Waals surface area (Å²) in [5, 5.41) is 4.42. The van der Waals surface area contributed by atoms with Gasteiger partial charge in [-0.2, -0.15) is 0 Å². The first-order valence-electron chi connectivity index (χ1n) is 7.18. The zero-order valence-electron chi connectivity index (χ0n) is 11.5. The Morgan fingerprint density at radius 3 is 2.89 bits per heavy atom. The van der Waals surface area contributed by atoms with Crippen molar-refractivity contribution in [3.8, 4) is 0 Å². The van der Waals surface area contributed by atoms with Gasteiger partial charge in [0.05, 0.1) is 0 Å². The second kappa shape index (κ2) is 6.08. The molecule has 18 heavy (non-hydrogen) atoms. The number of rotatable bonds is 4. The van der Waals surface area contributed by atoms with E-state index in [0.717, 1.165) is 18.1 Å². The average molecular weight is 266 g/mol. The van der Waals surface area contributed by atoms with E-state index >= 15 is 0 Å². The van der Waals surface area contributed by atoms with Crippen molar-refractivity contribution < 1.29 is 0 Å². The van der Waals surface area contributed by atoms with Crippen LogP contribution in [0.15, 0.2) is 24.3 Å². The zero-order chi connectivity index (χ0) is 13.0. The summed E-state index contributed by atoms with van der Waals surface area (Å²) in [6, 6.07) is 8.44. The lowest BCUT2D eigenvalue weighted by atomic mass is 9.64. The van der Waals surface area contributed by atoms with Crippen LogP contribution in [-0.4, -0.2) is 13.1 Å². The molecule has 0 amide bonds. The summed E-state index contributed by atoms with van der Waals surface area (Å²) in [5.74, 6) is 0.606. The van der Waals surface area contributed by atoms with E-state index in [0.29, 0.717) is 11.3 Å². The standard InChI is InChI=1S/C16H24ClN/c1-3-8-16(4-2)9-10-18-12-15(16)13-6-5-7-14(17)11-13/h5-7,11,15,18H,3-4,8-10,12H2,1-2H3. The molecule has 0 aromatic heterocycles. The van der Waals surface area contributed by atoms with Crippen molar-refractivity contribution in [2.75, 3.05) is 13.1 Å². The van der Waals surface area contributed by atoms with Crippen LogP contribution >= 0.6 is 11.6 Å². The minimum Gasteiger partial charge on any atom is -0.316 e. The van der Waals surface area contributed by atoms with Crippen LogP contribution in [0.2, 0.25) is 5.02 Å². The fourth-order valence-corrected chi connectivity index (χ4v) is 3.77. The molecular weight excluding hydrogens is 242 g/mol. The first-order valence-corrected chi connectivity index (χ1v) is 7.56. The predicted molar refractivity (Wildman–Crippen MR) is 79.3 cm³/mol. The van der Waals surface area contributed by atoms with Gasteiger partial charge in [0.25, 0.3) is 0 Å². The summed E-state index contributed by atoms with van der Waals surface area (Å²) in [6.07, 6.45) is 5.14. The Morgan fingerprint density at radius 1 is 1.39 bits per heavy atom. The van der Waals surface area contributed by atoms with Crippen molar-refractivity contribution in [1.82, 2.24) is 5.32 Å². The molecule has 0 aliphatic carbocycles. The first-order chi connectivity index (χ1) is 8.72. The monoisotopic (exact) mass is 265 g/mol. The van der Waals surface area contributed by atoms with E-state index in [1.165, 1.54) is 31.2 Å². The lowest BCUT2D eigenvalue weighted by Gasteiger charge is -2.45. The number of nitrogens with one attached hydrogen (secondary N) is 1. The molecule has 1 aliphatic heterocycles. The number of hydrogen-bond acceptors (Lipinski definition) is 1. The fourth-order valence-electron chi connectivity index (χ4n) is 3.57. The molecule has 2 atom stereocenters. The van der Waals surface area contributed by atoms with Crippen LogP contribution in [0.25, 0.3) is 0 Å². The third-order valence-corrected chi connectivity index (χ3v) is 4.83. The second-order valence-electron chi connectivity index (χ2n) is 5.53. The quantitative estimate of drug-likeness (QED) is 0.838. The molecule has 2 rings (SSSR count). The molecule has 1 N–H and O–H groups in total. The van der Waals surface area contributed by atoms with Gasteiger partial charge in [-0.25, -0.2) is 0 Å². The SMILES string of the molecule is CCCC1(CC)CCNCC1c1cccc(Cl)c1. The fraction of sp³-hybridized carbons (Fsp3) is 0.625. The van der Waals surface area contributed by atoms with Crippen molar-refractivity contribution in [3.63, 3.8) is 0 Å². The molecule has 1 fully saturated rings. The van der Waals surface area contributed by atoms with E-state index in [1.807, 2.05) is 6.07 Å². The maximum atomic E-state index is 6.16. The molecule has 1 saturated heterocycles. The van der Waals surface area contributed by atoms with Crippen molar-refractivity contribution in [3.05, 3.63) is 34.9 Å². The third kappa shape index (κ3) is 2.73. The first kappa shape index (κ1) is 13.9. The summed E-state index contributed by atoms with van der Waals surface area (Å²) in [6.45, 7) is 6.89. The predicted octanol–water partition coefficient (Wildman–Crippen LogP) is 4.61. The average Bonchev–Trinajstić information content (AvgIpc) is 2.39. The van der Waals surface area contributed by atoms with Crippen LogP contribution < -0.4 is 5.32 Å². The molecule has 1 aromatic carbocycles. The number of piperidine rings is 1. The Labute approximate surface area is 116 Å². The van der Waals surface area contributed by atoms with Gasteiger partial charge in [0.1, 0.15) is 0 Å². The van der Waals surface area contributed by atoms with Gasteiger partial charge >= 0.3 is 0 Å². The van der Waals surface area contributed by atoms with Gasteiger partial charge in [-0.15, -0.1) is 0 Å². The van der Waals surface area contributed by atoms with Gasteiger partial charge in [-0.3, -0.25) is 0 Å². The van der Waals surface area contributed by atoms with E-state index in [1.54, 1.807) is 0 Å². The number of halogens is 1. The van der Waals surface area contributed by atoms with Crippen LogP contribution in [0.5, 0.6) is 0 Å². The zero-order valence-corrected chi connectivity index (χ0v) is 12.3. The summed E-state index contributed by atoms with van der Waals surface area (Å²) in [5.41, 5.74) is 1.87. The lowest BCUT2D eigenvalue weighted by Crippen LogP contribution is -2.43. The molecule has 2 heteroatoms. The Bertz CT molecular complexity index is 386. The smallest absolute Gasteiger partial charge is 0.0408 e. The van der Waals surface area contributed by atoms with Crippen LogP contribution in [0.3, 0.4) is 0 Å². The summed E-state index contributed by atoms with van der Waals surface area (Å²) >= 11 is 6.16. The molecule has 1 heterocycles. The lowest BCUT2D eigenvalue weighted by molar-refractivity contribution is 0.139. The van der Waals surface area contributed by atoms with Crippen molar-refractivity contribution in [2.45, 2.75) is 45.4 Å². The minimum atomic E-state index is 0.463. The van der Waals surface area contributed by atoms with Gasteiger partial charge in [0.2, 0.25) is 0 Å².